The fraction of sp³-hybridized carbons (Fsp3) is 0.261. The smallest absolute Gasteiger partial charge is 0.274 e. The van der Waals surface area contributed by atoms with Crippen LogP contribution < -0.4 is 65.5 Å². The lowest BCUT2D eigenvalue weighted by molar-refractivity contribution is 0.101. The summed E-state index contributed by atoms with van der Waals surface area (Å²) < 4.78 is 32.9. The number of anilines is 4. The van der Waals surface area contributed by atoms with Crippen LogP contribution in [0, 0.1) is 65.2 Å². The average Bonchev–Trinajstić information content (AvgIpc) is 1.54. The number of aryl methyl sites for hydroxylation is 6. The van der Waals surface area contributed by atoms with Gasteiger partial charge in [0.2, 0.25) is 0 Å². The average molecular weight is 2080 g/mol. The third-order valence-electron chi connectivity index (χ3n) is 26.7. The van der Waals surface area contributed by atoms with Gasteiger partial charge >= 0.3 is 0 Å². The van der Waals surface area contributed by atoms with Gasteiger partial charge < -0.3 is 65.5 Å². The highest BCUT2D eigenvalue weighted by Gasteiger charge is 2.32. The molecule has 20 rings (SSSR count). The first-order valence-electron chi connectivity index (χ1n) is 50.5. The number of nitrogens with zero attached hydrogens (tertiary/aromatic N) is 8. The molecule has 26 nitrogen and oxygen atoms in total. The maximum atomic E-state index is 13.4. The zero-order chi connectivity index (χ0) is 104. The van der Waals surface area contributed by atoms with Crippen LogP contribution in [0.15, 0.2) is 319 Å². The second-order valence-electron chi connectivity index (χ2n) is 39.0. The number of rotatable bonds is 37. The summed E-state index contributed by atoms with van der Waals surface area (Å²) in [6.07, 6.45) is 11.3. The van der Waals surface area contributed by atoms with E-state index in [9.17, 15) is 27.6 Å². The van der Waals surface area contributed by atoms with Crippen molar-refractivity contribution in [3.8, 4) is 22.7 Å². The molecule has 0 spiro atoms. The van der Waals surface area contributed by atoms with Gasteiger partial charge in [0.15, 0.2) is 9.84 Å². The number of carbonyl (C=O) groups is 4. The van der Waals surface area contributed by atoms with Crippen molar-refractivity contribution < 1.29 is 27.6 Å². The first-order chi connectivity index (χ1) is 71.6. The molecule has 16 N–H and O–H groups in total. The lowest BCUT2D eigenvalue weighted by atomic mass is 9.97. The number of sulfone groups is 1. The van der Waals surface area contributed by atoms with E-state index in [-0.39, 0.29) is 47.8 Å². The molecule has 4 atom stereocenters. The number of nitrogens with one attached hydrogen (secondary N) is 8. The molecule has 0 aliphatic heterocycles. The number of hydrogen-bond acceptors (Lipinski definition) is 18. The third kappa shape index (κ3) is 27.8. The van der Waals surface area contributed by atoms with Crippen molar-refractivity contribution in [2.75, 3.05) is 53.7 Å². The summed E-state index contributed by atoms with van der Waals surface area (Å²) in [4.78, 5) is 53.9. The van der Waals surface area contributed by atoms with Crippen LogP contribution >= 0.6 is 27.5 Å². The molecule has 0 saturated heterocycles. The summed E-state index contributed by atoms with van der Waals surface area (Å²) in [5, 5.41) is 46.0. The third-order valence-corrected chi connectivity index (χ3v) is 29.1. The molecule has 4 heterocycles. The first-order valence-corrected chi connectivity index (χ1v) is 53.6. The first kappa shape index (κ1) is 105. The van der Waals surface area contributed by atoms with Gasteiger partial charge in [-0.25, -0.2) is 27.1 Å². The predicted octanol–water partition coefficient (Wildman–Crippen LogP) is 21.4. The summed E-state index contributed by atoms with van der Waals surface area (Å²) >= 11 is 10.3. The zero-order valence-corrected chi connectivity index (χ0v) is 87.5. The van der Waals surface area contributed by atoms with E-state index in [0.717, 1.165) is 155 Å². The van der Waals surface area contributed by atoms with Crippen molar-refractivity contribution in [2.45, 2.75) is 148 Å². The van der Waals surface area contributed by atoms with E-state index < -0.39 is 9.84 Å². The van der Waals surface area contributed by atoms with Crippen molar-refractivity contribution in [1.29, 1.82) is 0 Å². The van der Waals surface area contributed by atoms with E-state index in [0.29, 0.717) is 82.4 Å². The van der Waals surface area contributed by atoms with Gasteiger partial charge in [0.05, 0.1) is 74.6 Å². The standard InChI is InChI=1S/C30H32BrN5O.C30H33N5O3S.C30H33N5O.C29H30ClN5O/c1-19-9-12-24(16-27(19)31)29(33-18-21-10-11-21)23-6-4-7-25(15-23)34-30(37)28-13-20(2)35-36(28)26-8-3-5-22(14-26)17-32;1-20-15-27(35(34-20)25-10-5-7-22(16-25)18-31)30(36)33-24-9-6-8-23(17-24)29(32-19-21-13-14-21)26-11-3-4-12-28(26)39(2,37)38;1-20-9-13-24(14-10-20)29(32-19-22-11-12-22)25-6-4-7-26(17-25)33-30(36)28-15-21(2)34-35(28)27-8-3-5-23(16-27)18-31;1-19-14-27(35(34-19)24-9-4-6-21(15-24)17-31)29(36)33-23-8-5-7-22(16-23)28(32-18-20-12-13-20)25-10-2-3-11-26(25)30/h3-9,12-16,21,29,33H,10-11,17-18,32H2,1-2H3,(H,34,37);3-12,15-17,21,29,32H,13-14,18-19,31H2,1-2H3,(H,33,36);3-10,13-17,22,29,32H,11-12,18-19,31H2,1-2H3,(H,33,36);2-11,14-16,20,28,32H,12-13,17-18,31H2,1H3,(H,33,36). The van der Waals surface area contributed by atoms with Crippen molar-refractivity contribution in [3.05, 3.63) is 442 Å². The molecule has 0 radical (unpaired) electrons. The van der Waals surface area contributed by atoms with Crippen LogP contribution in [-0.2, 0) is 36.0 Å². The molecule has 29 heteroatoms. The lowest BCUT2D eigenvalue weighted by Gasteiger charge is -2.23. The monoisotopic (exact) mass is 2080 g/mol. The lowest BCUT2D eigenvalue weighted by Crippen LogP contribution is -2.26. The second kappa shape index (κ2) is 48.6. The van der Waals surface area contributed by atoms with Crippen molar-refractivity contribution in [2.24, 2.45) is 46.6 Å². The van der Waals surface area contributed by atoms with Gasteiger partial charge in [-0.2, -0.15) is 20.4 Å². The van der Waals surface area contributed by atoms with Gasteiger partial charge in [-0.05, 0) is 355 Å². The van der Waals surface area contributed by atoms with Crippen LogP contribution in [0.2, 0.25) is 5.02 Å². The van der Waals surface area contributed by atoms with Crippen LogP contribution in [0.1, 0.15) is 218 Å². The quantitative estimate of drug-likeness (QED) is 0.0172. The minimum absolute atomic E-state index is 0.0288. The Morgan fingerprint density at radius 2 is 0.615 bits per heavy atom. The molecular formula is C119H128BrClN20O6S. The van der Waals surface area contributed by atoms with Crippen LogP contribution in [0.25, 0.3) is 22.7 Å². The summed E-state index contributed by atoms with van der Waals surface area (Å²) in [6, 6.07) is 99.6. The Morgan fingerprint density at radius 1 is 0.331 bits per heavy atom. The number of hydrogen-bond donors (Lipinski definition) is 12. The van der Waals surface area contributed by atoms with Crippen molar-refractivity contribution in [3.63, 3.8) is 0 Å². The predicted molar refractivity (Wildman–Crippen MR) is 594 cm³/mol. The van der Waals surface area contributed by atoms with Crippen LogP contribution in [0.4, 0.5) is 22.7 Å². The molecule has 4 fully saturated rings. The Kier molecular flexibility index (Phi) is 34.5. The number of benzene rings is 12. The van der Waals surface area contributed by atoms with E-state index >= 15 is 0 Å². The fourth-order valence-electron chi connectivity index (χ4n) is 18.1. The molecule has 148 heavy (non-hydrogen) atoms. The highest BCUT2D eigenvalue weighted by atomic mass is 79.9. The Hall–Kier alpha value is -14.2. The molecule has 4 aromatic heterocycles. The van der Waals surface area contributed by atoms with Crippen LogP contribution in [0.3, 0.4) is 0 Å². The molecule has 12 aromatic carbocycles. The maximum absolute atomic E-state index is 13.4. The zero-order valence-electron chi connectivity index (χ0n) is 84.4. The van der Waals surface area contributed by atoms with Gasteiger partial charge in [-0.3, -0.25) is 19.2 Å². The molecular weight excluding hydrogens is 1950 g/mol. The minimum atomic E-state index is -3.44. The molecule has 4 amide bonds. The van der Waals surface area contributed by atoms with E-state index in [4.69, 9.17) is 34.5 Å². The summed E-state index contributed by atoms with van der Waals surface area (Å²) in [5.74, 6) is 1.89. The van der Waals surface area contributed by atoms with E-state index in [1.807, 2.05) is 222 Å². The number of amides is 4. The fourth-order valence-corrected chi connectivity index (χ4v) is 19.6. The summed E-state index contributed by atoms with van der Waals surface area (Å²) in [5.41, 5.74) is 48.7. The molecule has 4 saturated carbocycles. The highest BCUT2D eigenvalue weighted by Crippen LogP contribution is 2.39. The highest BCUT2D eigenvalue weighted by molar-refractivity contribution is 9.10. The van der Waals surface area contributed by atoms with Gasteiger partial charge in [0.1, 0.15) is 22.8 Å². The number of carbonyl (C=O) groups excluding carboxylic acids is 4. The Bertz CT molecular complexity index is 7530. The largest absolute Gasteiger partial charge is 0.326 e. The Morgan fingerprint density at radius 3 is 0.932 bits per heavy atom. The topological polar surface area (TPSA) is 374 Å². The second-order valence-corrected chi connectivity index (χ2v) is 42.3. The number of nitrogens with two attached hydrogens (primary N) is 4. The van der Waals surface area contributed by atoms with E-state index in [2.05, 4.69) is 172 Å². The molecule has 0 bridgehead atoms. The van der Waals surface area contributed by atoms with Crippen molar-refractivity contribution >= 4 is 83.7 Å². The number of aromatic nitrogens is 8. The van der Waals surface area contributed by atoms with E-state index in [1.165, 1.54) is 79.9 Å². The molecule has 760 valence electrons. The normalized spacial score (nSPS) is 14.0. The molecule has 4 unspecified atom stereocenters. The SMILES string of the molecule is Cc1cc(C(=O)Nc2cccc(C(NCC3CC3)c3ccc(C)c(Br)c3)c2)n(-c2cccc(CN)c2)n1.Cc1cc(C(=O)Nc2cccc(C(NCC3CC3)c3ccccc3Cl)c2)n(-c2cccc(CN)c2)n1.Cc1cc(C(=O)Nc2cccc(C(NCC3CC3)c3ccccc3S(C)(=O)=O)c2)n(-c2cccc(CN)c2)n1.Cc1ccc(C(NCC2CC2)c2cccc(NC(=O)c3cc(C)nn3-c3cccc(CN)c3)c2)cc1. The molecule has 4 aliphatic carbocycles. The number of halogens is 2. The van der Waals surface area contributed by atoms with Gasteiger partial charge in [-0.1, -0.05) is 203 Å². The van der Waals surface area contributed by atoms with Gasteiger partial charge in [0, 0.05) is 64.7 Å². The van der Waals surface area contributed by atoms with Gasteiger partial charge in [0.25, 0.3) is 23.6 Å². The summed E-state index contributed by atoms with van der Waals surface area (Å²) in [7, 11) is -3.44. The summed E-state index contributed by atoms with van der Waals surface area (Å²) in [6.45, 7) is 17.1. The minimum Gasteiger partial charge on any atom is -0.326 e. The van der Waals surface area contributed by atoms with Gasteiger partial charge in [-0.15, -0.1) is 0 Å². The van der Waals surface area contributed by atoms with Crippen LogP contribution in [-0.4, -0.2) is 104 Å². The Labute approximate surface area is 879 Å². The Balaban J connectivity index is 0.000000135. The maximum Gasteiger partial charge on any atom is 0.274 e. The molecule has 16 aromatic rings. The van der Waals surface area contributed by atoms with Crippen LogP contribution in [0.5, 0.6) is 0 Å². The molecule has 4 aliphatic rings. The van der Waals surface area contributed by atoms with E-state index in [1.54, 1.807) is 55.1 Å². The van der Waals surface area contributed by atoms with Crippen molar-refractivity contribution in [1.82, 2.24) is 60.4 Å².